The van der Waals surface area contributed by atoms with Crippen molar-refractivity contribution in [2.45, 2.75) is 44.8 Å². The monoisotopic (exact) mass is 313 g/mol. The van der Waals surface area contributed by atoms with Gasteiger partial charge < -0.3 is 15.6 Å². The molecule has 116 valence electrons. The van der Waals surface area contributed by atoms with Gasteiger partial charge in [0.05, 0.1) is 5.92 Å². The number of rotatable bonds is 5. The van der Waals surface area contributed by atoms with Crippen LogP contribution in [-0.2, 0) is 14.3 Å². The zero-order valence-electron chi connectivity index (χ0n) is 12.3. The van der Waals surface area contributed by atoms with Crippen LogP contribution in [0.1, 0.15) is 38.7 Å². The Morgan fingerprint density at radius 1 is 1.29 bits per heavy atom. The van der Waals surface area contributed by atoms with Crippen LogP contribution in [0.25, 0.3) is 0 Å². The van der Waals surface area contributed by atoms with Crippen molar-refractivity contribution >= 4 is 23.5 Å². The van der Waals surface area contributed by atoms with E-state index in [2.05, 4.69) is 0 Å². The Morgan fingerprint density at radius 3 is 2.24 bits per heavy atom. The van der Waals surface area contributed by atoms with Gasteiger partial charge in [0.15, 0.2) is 0 Å². The number of nitrogens with two attached hydrogens (primary N) is 1. The summed E-state index contributed by atoms with van der Waals surface area (Å²) in [6, 6.07) is 5.43. The summed E-state index contributed by atoms with van der Waals surface area (Å²) in [4.78, 5) is 23.2. The maximum absolute atomic E-state index is 11.8. The lowest BCUT2D eigenvalue weighted by atomic mass is 9.92. The predicted octanol–water partition coefficient (Wildman–Crippen LogP) is 2.57. The standard InChI is InChI=1S/C15H20ClNO4/c1-15(2,3)21-14(20)12(17)8-11(13(18)19)9-4-6-10(16)7-5-9/h4-7,11-12H,8,17H2,1-3H3,(H,18,19). The summed E-state index contributed by atoms with van der Waals surface area (Å²) in [5, 5.41) is 9.83. The summed E-state index contributed by atoms with van der Waals surface area (Å²) in [5.74, 6) is -2.54. The minimum absolute atomic E-state index is 0.0358. The van der Waals surface area contributed by atoms with Gasteiger partial charge in [-0.1, -0.05) is 23.7 Å². The lowest BCUT2D eigenvalue weighted by Crippen LogP contribution is -2.39. The maximum Gasteiger partial charge on any atom is 0.323 e. The smallest absolute Gasteiger partial charge is 0.323 e. The van der Waals surface area contributed by atoms with E-state index in [1.165, 1.54) is 0 Å². The highest BCUT2D eigenvalue weighted by Crippen LogP contribution is 2.24. The van der Waals surface area contributed by atoms with Crippen LogP contribution in [0.4, 0.5) is 0 Å². The van der Waals surface area contributed by atoms with E-state index >= 15 is 0 Å². The first-order valence-electron chi connectivity index (χ1n) is 6.57. The second-order valence-corrected chi connectivity index (χ2v) is 6.25. The molecular formula is C15H20ClNO4. The fourth-order valence-corrected chi connectivity index (χ4v) is 1.93. The molecule has 0 saturated carbocycles. The molecule has 0 aromatic heterocycles. The Morgan fingerprint density at radius 2 is 1.81 bits per heavy atom. The summed E-state index contributed by atoms with van der Waals surface area (Å²) < 4.78 is 5.16. The number of carboxylic acid groups (broad SMARTS) is 1. The van der Waals surface area contributed by atoms with Gasteiger partial charge in [0.2, 0.25) is 0 Å². The normalized spacial score (nSPS) is 14.3. The molecule has 0 aliphatic carbocycles. The summed E-state index contributed by atoms with van der Waals surface area (Å²) in [7, 11) is 0. The Bertz CT molecular complexity index is 507. The molecule has 3 N–H and O–H groups in total. The van der Waals surface area contributed by atoms with E-state index in [9.17, 15) is 14.7 Å². The molecule has 1 aromatic rings. The predicted molar refractivity (Wildman–Crippen MR) is 80.3 cm³/mol. The number of hydrogen-bond acceptors (Lipinski definition) is 4. The fourth-order valence-electron chi connectivity index (χ4n) is 1.80. The molecule has 2 atom stereocenters. The van der Waals surface area contributed by atoms with Gasteiger partial charge in [-0.15, -0.1) is 0 Å². The van der Waals surface area contributed by atoms with Crippen molar-refractivity contribution in [3.05, 3.63) is 34.9 Å². The number of carboxylic acids is 1. The van der Waals surface area contributed by atoms with Gasteiger partial charge in [-0.05, 0) is 44.9 Å². The zero-order valence-corrected chi connectivity index (χ0v) is 13.1. The molecule has 0 aliphatic heterocycles. The molecule has 0 fully saturated rings. The highest BCUT2D eigenvalue weighted by molar-refractivity contribution is 6.30. The molecule has 5 nitrogen and oxygen atoms in total. The van der Waals surface area contributed by atoms with Crippen molar-refractivity contribution < 1.29 is 19.4 Å². The molecule has 0 bridgehead atoms. The second-order valence-electron chi connectivity index (χ2n) is 5.82. The first-order valence-corrected chi connectivity index (χ1v) is 6.94. The van der Waals surface area contributed by atoms with Crippen LogP contribution in [0, 0.1) is 0 Å². The molecule has 0 aliphatic rings. The second kappa shape index (κ2) is 6.91. The largest absolute Gasteiger partial charge is 0.481 e. The number of ether oxygens (including phenoxy) is 1. The quantitative estimate of drug-likeness (QED) is 0.815. The minimum Gasteiger partial charge on any atom is -0.481 e. The number of aliphatic carboxylic acids is 1. The third-order valence-corrected chi connectivity index (χ3v) is 3.02. The van der Waals surface area contributed by atoms with E-state index in [0.29, 0.717) is 10.6 Å². The number of carbonyl (C=O) groups excluding carboxylic acids is 1. The van der Waals surface area contributed by atoms with Gasteiger partial charge in [-0.2, -0.15) is 0 Å². The van der Waals surface area contributed by atoms with Crippen LogP contribution in [0.2, 0.25) is 5.02 Å². The Balaban J connectivity index is 2.82. The van der Waals surface area contributed by atoms with Crippen LogP contribution < -0.4 is 5.73 Å². The molecule has 21 heavy (non-hydrogen) atoms. The Hall–Kier alpha value is -1.59. The van der Waals surface area contributed by atoms with Gasteiger partial charge in [-0.3, -0.25) is 9.59 Å². The summed E-state index contributed by atoms with van der Waals surface area (Å²) >= 11 is 5.78. The van der Waals surface area contributed by atoms with Gasteiger partial charge >= 0.3 is 11.9 Å². The Kier molecular flexibility index (Phi) is 5.75. The number of hydrogen-bond donors (Lipinski definition) is 2. The van der Waals surface area contributed by atoms with Crippen LogP contribution in [-0.4, -0.2) is 28.7 Å². The lowest BCUT2D eigenvalue weighted by Gasteiger charge is -2.23. The molecule has 1 rings (SSSR count). The fraction of sp³-hybridized carbons (Fsp3) is 0.467. The van der Waals surface area contributed by atoms with Crippen LogP contribution in [0.15, 0.2) is 24.3 Å². The van der Waals surface area contributed by atoms with Crippen molar-refractivity contribution in [2.24, 2.45) is 5.73 Å². The SMILES string of the molecule is CC(C)(C)OC(=O)C(N)CC(C(=O)O)c1ccc(Cl)cc1. The average molecular weight is 314 g/mol. The first kappa shape index (κ1) is 17.5. The van der Waals surface area contributed by atoms with Crippen molar-refractivity contribution in [3.63, 3.8) is 0 Å². The van der Waals surface area contributed by atoms with Crippen molar-refractivity contribution in [3.8, 4) is 0 Å². The van der Waals surface area contributed by atoms with E-state index in [4.69, 9.17) is 22.1 Å². The van der Waals surface area contributed by atoms with Crippen LogP contribution in [0.5, 0.6) is 0 Å². The number of halogens is 1. The van der Waals surface area contributed by atoms with Crippen molar-refractivity contribution in [2.75, 3.05) is 0 Å². The molecule has 0 radical (unpaired) electrons. The average Bonchev–Trinajstić information content (AvgIpc) is 2.34. The summed E-state index contributed by atoms with van der Waals surface area (Å²) in [6.07, 6.45) is -0.0358. The third kappa shape index (κ3) is 5.73. The van der Waals surface area contributed by atoms with Gasteiger partial charge in [-0.25, -0.2) is 0 Å². The number of carbonyl (C=O) groups is 2. The van der Waals surface area contributed by atoms with Gasteiger partial charge in [0, 0.05) is 5.02 Å². The molecule has 0 amide bonds. The number of esters is 1. The van der Waals surface area contributed by atoms with Gasteiger partial charge in [0.1, 0.15) is 11.6 Å². The Labute approximate surface area is 129 Å². The molecule has 2 unspecified atom stereocenters. The molecule has 0 saturated heterocycles. The van der Waals surface area contributed by atoms with E-state index in [-0.39, 0.29) is 6.42 Å². The highest BCUT2D eigenvalue weighted by Gasteiger charge is 2.29. The van der Waals surface area contributed by atoms with Crippen molar-refractivity contribution in [1.29, 1.82) is 0 Å². The summed E-state index contributed by atoms with van der Waals surface area (Å²) in [5.41, 5.74) is 5.65. The molecule has 0 spiro atoms. The highest BCUT2D eigenvalue weighted by atomic mass is 35.5. The molecule has 6 heteroatoms. The van der Waals surface area contributed by atoms with Crippen LogP contribution in [0.3, 0.4) is 0 Å². The number of benzene rings is 1. The van der Waals surface area contributed by atoms with Gasteiger partial charge in [0.25, 0.3) is 0 Å². The van der Waals surface area contributed by atoms with E-state index < -0.39 is 29.5 Å². The third-order valence-electron chi connectivity index (χ3n) is 2.77. The topological polar surface area (TPSA) is 89.6 Å². The lowest BCUT2D eigenvalue weighted by molar-refractivity contribution is -0.156. The molecule has 1 aromatic carbocycles. The summed E-state index contributed by atoms with van der Waals surface area (Å²) in [6.45, 7) is 5.18. The van der Waals surface area contributed by atoms with Crippen molar-refractivity contribution in [1.82, 2.24) is 0 Å². The maximum atomic E-state index is 11.8. The first-order chi connectivity index (χ1) is 9.60. The van der Waals surface area contributed by atoms with E-state index in [0.717, 1.165) is 0 Å². The van der Waals surface area contributed by atoms with E-state index in [1.807, 2.05) is 0 Å². The molecule has 0 heterocycles. The minimum atomic E-state index is -1.05. The zero-order chi connectivity index (χ0) is 16.2. The van der Waals surface area contributed by atoms with Crippen LogP contribution >= 0.6 is 11.6 Å². The van der Waals surface area contributed by atoms with E-state index in [1.54, 1.807) is 45.0 Å². The molecular weight excluding hydrogens is 294 g/mol.